The van der Waals surface area contributed by atoms with E-state index in [-0.39, 0.29) is 38.1 Å². The predicted molar refractivity (Wildman–Crippen MR) is 73.5 cm³/mol. The molecule has 100 valence electrons. The largest absolute Gasteiger partial charge is 1.00 e. The van der Waals surface area contributed by atoms with Crippen LogP contribution in [0.25, 0.3) is 0 Å². The smallest absolute Gasteiger partial charge is 0.424 e. The maximum absolute atomic E-state index is 10.5. The molecule has 0 heterocycles. The normalized spacial score (nSPS) is 10.6. The third-order valence-corrected chi connectivity index (χ3v) is 4.28. The molecule has 0 aliphatic carbocycles. The second-order valence-electron chi connectivity index (χ2n) is 3.13. The summed E-state index contributed by atoms with van der Waals surface area (Å²) in [4.78, 5) is 10.0. The fourth-order valence-corrected chi connectivity index (χ4v) is 3.25. The van der Waals surface area contributed by atoms with Gasteiger partial charge in [-0.25, -0.2) is 0 Å². The molecule has 9 heteroatoms. The summed E-state index contributed by atoms with van der Waals surface area (Å²) < 4.78 is 16.1. The van der Waals surface area contributed by atoms with Gasteiger partial charge in [0.2, 0.25) is 0 Å². The molecule has 0 amide bonds. The van der Waals surface area contributed by atoms with Gasteiger partial charge < -0.3 is 4.52 Å². The number of hydrogen-bond acceptors (Lipinski definition) is 6. The topological polar surface area (TPSA) is 70.8 Å². The van der Waals surface area contributed by atoms with E-state index in [0.29, 0.717) is 19.0 Å². The number of nitrogens with zero attached hydrogens (tertiary/aromatic N) is 1. The van der Waals surface area contributed by atoms with Gasteiger partial charge in [0, 0.05) is 23.9 Å². The second-order valence-corrected chi connectivity index (χ2v) is 6.06. The fourth-order valence-electron chi connectivity index (χ4n) is 1.16. The second kappa shape index (κ2) is 9.02. The minimum absolute atomic E-state index is 0. The number of hydrogen-bond donors (Lipinski definition) is 0. The first-order valence-corrected chi connectivity index (χ1v) is 7.89. The Kier molecular flexibility index (Phi) is 9.02. The minimum atomic E-state index is -2.82. The van der Waals surface area contributed by atoms with Crippen molar-refractivity contribution >= 4 is 24.2 Å². The molecule has 0 aliphatic heterocycles. The zero-order valence-electron chi connectivity index (χ0n) is 13.1. The van der Waals surface area contributed by atoms with Gasteiger partial charge in [-0.05, 0) is 26.0 Å². The summed E-state index contributed by atoms with van der Waals surface area (Å²) in [5, 5.41) is 10.5. The van der Waals surface area contributed by atoms with Crippen LogP contribution in [0.1, 0.15) is 16.7 Å². The van der Waals surface area contributed by atoms with Gasteiger partial charge in [0.15, 0.2) is 0 Å². The Balaban J connectivity index is -0.00000108. The van der Waals surface area contributed by atoms with E-state index in [2.05, 4.69) is 0 Å². The number of rotatable bonds is 7. The van der Waals surface area contributed by atoms with Gasteiger partial charge in [-0.1, -0.05) is 0 Å². The Morgan fingerprint density at radius 3 is 2.11 bits per heavy atom. The van der Waals surface area contributed by atoms with Gasteiger partial charge in [0.05, 0.1) is 18.1 Å². The molecule has 1 rings (SSSR count). The van der Waals surface area contributed by atoms with Crippen LogP contribution in [0.15, 0.2) is 24.3 Å². The van der Waals surface area contributed by atoms with E-state index >= 15 is 0 Å². The maximum atomic E-state index is 10.5. The van der Waals surface area contributed by atoms with Crippen molar-refractivity contribution in [2.75, 3.05) is 13.2 Å². The third kappa shape index (κ3) is 6.31. The number of nitro benzene ring substituents is 1. The molecule has 0 saturated heterocycles. The van der Waals surface area contributed by atoms with Crippen molar-refractivity contribution in [2.45, 2.75) is 13.8 Å². The van der Waals surface area contributed by atoms with Gasteiger partial charge in [-0.3, -0.25) is 19.2 Å². The van der Waals surface area contributed by atoms with Crippen molar-refractivity contribution in [2.24, 2.45) is 0 Å². The fraction of sp³-hybridized carbons (Fsp3) is 0.400. The van der Waals surface area contributed by atoms with E-state index in [1.54, 1.807) is 13.8 Å². The number of benzene rings is 1. The Morgan fingerprint density at radius 1 is 1.26 bits per heavy atom. The monoisotopic (exact) mass is 316 g/mol. The van der Waals surface area contributed by atoms with Gasteiger partial charge in [0.25, 0.3) is 5.69 Å². The third-order valence-electron chi connectivity index (χ3n) is 1.84. The average Bonchev–Trinajstić information content (AvgIpc) is 2.30. The molecule has 1 aromatic carbocycles. The SMILES string of the molecule is CCOP(=S)(OCC)Oc1ccc([N+](=O)[O-])cc1.[H+].[H+].[Na+]. The standard InChI is InChI=1S/C10H14NO5PS.Na/c1-3-14-17(18,15-4-2)16-10-7-5-9(6-8-10)11(12)13;/h5-8H,3-4H2,1-2H3;/q;+1/p+2. The van der Waals surface area contributed by atoms with E-state index < -0.39 is 11.6 Å². The Hall–Kier alpha value is -0.0100. The summed E-state index contributed by atoms with van der Waals surface area (Å²) >= 11 is 5.18. The molecular weight excluding hydrogens is 300 g/mol. The van der Waals surface area contributed by atoms with Crippen LogP contribution in [0, 0.1) is 10.1 Å². The van der Waals surface area contributed by atoms with Gasteiger partial charge in [0.1, 0.15) is 5.75 Å². The number of nitro groups is 1. The molecule has 19 heavy (non-hydrogen) atoms. The molecule has 0 fully saturated rings. The molecule has 1 aromatic rings. The van der Waals surface area contributed by atoms with Crippen molar-refractivity contribution in [3.8, 4) is 5.75 Å². The van der Waals surface area contributed by atoms with Crippen molar-refractivity contribution in [1.29, 1.82) is 0 Å². The van der Waals surface area contributed by atoms with Crippen molar-refractivity contribution < 1.29 is 50.9 Å². The predicted octanol–water partition coefficient (Wildman–Crippen LogP) is 0.500. The Morgan fingerprint density at radius 2 is 1.74 bits per heavy atom. The first-order chi connectivity index (χ1) is 8.50. The van der Waals surface area contributed by atoms with Crippen molar-refractivity contribution in [3.05, 3.63) is 34.4 Å². The Bertz CT molecular complexity index is 455. The summed E-state index contributed by atoms with van der Waals surface area (Å²) in [6.07, 6.45) is 0. The molecule has 0 N–H and O–H groups in total. The molecule has 6 nitrogen and oxygen atoms in total. The summed E-state index contributed by atoms with van der Waals surface area (Å²) in [7, 11) is 0. The first-order valence-electron chi connectivity index (χ1n) is 5.34. The molecule has 0 aliphatic rings. The van der Waals surface area contributed by atoms with Crippen LogP contribution in [0.4, 0.5) is 5.69 Å². The van der Waals surface area contributed by atoms with Crippen molar-refractivity contribution in [3.63, 3.8) is 0 Å². The van der Waals surface area contributed by atoms with Crippen LogP contribution < -0.4 is 34.1 Å². The maximum Gasteiger partial charge on any atom is 1.00 e. The molecule has 0 unspecified atom stereocenters. The van der Waals surface area contributed by atoms with Gasteiger partial charge in [-0.15, -0.1) is 0 Å². The van der Waals surface area contributed by atoms with E-state index in [1.165, 1.54) is 24.3 Å². The molecule has 0 atom stereocenters. The van der Waals surface area contributed by atoms with Crippen LogP contribution in [0.5, 0.6) is 5.75 Å². The first kappa shape index (κ1) is 19.0. The van der Waals surface area contributed by atoms with E-state index in [1.807, 2.05) is 0 Å². The average molecular weight is 316 g/mol. The molecule has 0 aromatic heterocycles. The minimum Gasteiger partial charge on any atom is -0.424 e. The molecule has 0 saturated carbocycles. The van der Waals surface area contributed by atoms with Gasteiger partial charge in [-0.2, -0.15) is 0 Å². The van der Waals surface area contributed by atoms with Crippen LogP contribution in [0.3, 0.4) is 0 Å². The Labute approximate surface area is 142 Å². The van der Waals surface area contributed by atoms with Crippen LogP contribution in [-0.2, 0) is 20.9 Å². The van der Waals surface area contributed by atoms with E-state index in [4.69, 9.17) is 25.4 Å². The molecule has 0 radical (unpaired) electrons. The molecule has 0 bridgehead atoms. The van der Waals surface area contributed by atoms with E-state index in [9.17, 15) is 10.1 Å². The zero-order chi connectivity index (χ0) is 13.6. The summed E-state index contributed by atoms with van der Waals surface area (Å²) in [5.74, 6) is 0.394. The van der Waals surface area contributed by atoms with Crippen LogP contribution in [-0.4, -0.2) is 18.1 Å². The number of non-ortho nitro benzene ring substituents is 1. The quantitative estimate of drug-likeness (QED) is 0.316. The van der Waals surface area contributed by atoms with E-state index in [0.717, 1.165) is 0 Å². The molecular formula is C10H16NNaO5PS+3. The molecule has 0 spiro atoms. The zero-order valence-corrected chi connectivity index (χ0v) is 14.8. The van der Waals surface area contributed by atoms with Gasteiger partial charge >= 0.3 is 39.1 Å². The summed E-state index contributed by atoms with van der Waals surface area (Å²) in [6, 6.07) is 5.62. The summed E-state index contributed by atoms with van der Waals surface area (Å²) in [6.45, 7) is 1.52. The summed E-state index contributed by atoms with van der Waals surface area (Å²) in [5.41, 5.74) is -0.0107. The van der Waals surface area contributed by atoms with Crippen LogP contribution in [0.2, 0.25) is 0 Å². The van der Waals surface area contributed by atoms with Crippen LogP contribution >= 0.6 is 6.72 Å². The van der Waals surface area contributed by atoms with Crippen molar-refractivity contribution in [1.82, 2.24) is 0 Å².